The molecule has 2 heteroatoms. The molecule has 0 saturated carbocycles. The first-order chi connectivity index (χ1) is 9.74. The number of phenols is 1. The van der Waals surface area contributed by atoms with Gasteiger partial charge in [-0.05, 0) is 29.1 Å². The number of benzene rings is 3. The second-order valence-electron chi connectivity index (χ2n) is 4.80. The van der Waals surface area contributed by atoms with Crippen molar-refractivity contribution >= 4 is 16.6 Å². The largest absolute Gasteiger partial charge is 0.507 e. The van der Waals surface area contributed by atoms with Gasteiger partial charge in [0.1, 0.15) is 5.75 Å². The first-order valence-corrected chi connectivity index (χ1v) is 6.53. The van der Waals surface area contributed by atoms with Crippen LogP contribution in [0.3, 0.4) is 0 Å². The average Bonchev–Trinajstić information content (AvgIpc) is 2.48. The maximum atomic E-state index is 12.3. The van der Waals surface area contributed by atoms with Gasteiger partial charge in [-0.25, -0.2) is 0 Å². The number of ketones is 1. The van der Waals surface area contributed by atoms with E-state index in [1.165, 1.54) is 0 Å². The summed E-state index contributed by atoms with van der Waals surface area (Å²) in [4.78, 5) is 12.3. The highest BCUT2D eigenvalue weighted by atomic mass is 16.3. The summed E-state index contributed by atoms with van der Waals surface area (Å²) in [5, 5.41) is 11.4. The van der Waals surface area contributed by atoms with E-state index in [0.29, 0.717) is 12.0 Å². The second-order valence-corrected chi connectivity index (χ2v) is 4.80. The van der Waals surface area contributed by atoms with Crippen LogP contribution in [-0.4, -0.2) is 10.9 Å². The van der Waals surface area contributed by atoms with E-state index in [-0.39, 0.29) is 11.5 Å². The zero-order valence-corrected chi connectivity index (χ0v) is 10.9. The van der Waals surface area contributed by atoms with Crippen LogP contribution in [-0.2, 0) is 6.42 Å². The Morgan fingerprint density at radius 3 is 2.50 bits per heavy atom. The molecule has 3 rings (SSSR count). The van der Waals surface area contributed by atoms with E-state index in [2.05, 4.69) is 0 Å². The SMILES string of the molecule is O=C(Cc1ccccc1)c1ccc2c(O)cccc2c1. The van der Waals surface area contributed by atoms with Crippen molar-refractivity contribution < 1.29 is 9.90 Å². The van der Waals surface area contributed by atoms with Gasteiger partial charge in [0.25, 0.3) is 0 Å². The maximum Gasteiger partial charge on any atom is 0.167 e. The Balaban J connectivity index is 1.92. The lowest BCUT2D eigenvalue weighted by atomic mass is 10.00. The summed E-state index contributed by atoms with van der Waals surface area (Å²) in [6.45, 7) is 0. The zero-order valence-electron chi connectivity index (χ0n) is 10.9. The van der Waals surface area contributed by atoms with E-state index in [1.54, 1.807) is 24.3 Å². The molecule has 0 radical (unpaired) electrons. The number of phenolic OH excluding ortho intramolecular Hbond substituents is 1. The molecule has 0 amide bonds. The Kier molecular flexibility index (Phi) is 3.21. The van der Waals surface area contributed by atoms with E-state index >= 15 is 0 Å². The molecule has 3 aromatic carbocycles. The molecule has 98 valence electrons. The molecule has 3 aromatic rings. The first kappa shape index (κ1) is 12.4. The Bertz CT molecular complexity index is 761. The molecule has 1 N–H and O–H groups in total. The van der Waals surface area contributed by atoms with E-state index in [1.807, 2.05) is 42.5 Å². The highest BCUT2D eigenvalue weighted by Crippen LogP contribution is 2.25. The van der Waals surface area contributed by atoms with Gasteiger partial charge in [-0.1, -0.05) is 48.5 Å². The van der Waals surface area contributed by atoms with Crippen LogP contribution in [0.25, 0.3) is 10.8 Å². The van der Waals surface area contributed by atoms with Gasteiger partial charge in [0, 0.05) is 17.4 Å². The molecule has 0 aliphatic carbocycles. The normalized spacial score (nSPS) is 10.6. The summed E-state index contributed by atoms with van der Waals surface area (Å²) in [5.41, 5.74) is 1.68. The number of carbonyl (C=O) groups is 1. The predicted molar refractivity (Wildman–Crippen MR) is 80.1 cm³/mol. The van der Waals surface area contributed by atoms with Crippen molar-refractivity contribution in [3.8, 4) is 5.75 Å². The van der Waals surface area contributed by atoms with Crippen molar-refractivity contribution in [2.45, 2.75) is 6.42 Å². The Morgan fingerprint density at radius 2 is 1.70 bits per heavy atom. The fourth-order valence-corrected chi connectivity index (χ4v) is 2.32. The topological polar surface area (TPSA) is 37.3 Å². The third kappa shape index (κ3) is 2.41. The minimum absolute atomic E-state index is 0.0847. The number of hydrogen-bond acceptors (Lipinski definition) is 2. The van der Waals surface area contributed by atoms with Gasteiger partial charge < -0.3 is 5.11 Å². The highest BCUT2D eigenvalue weighted by Gasteiger charge is 2.08. The molecule has 20 heavy (non-hydrogen) atoms. The lowest BCUT2D eigenvalue weighted by molar-refractivity contribution is 0.0993. The van der Waals surface area contributed by atoms with Crippen molar-refractivity contribution in [3.63, 3.8) is 0 Å². The number of carbonyl (C=O) groups excluding carboxylic acids is 1. The number of aromatic hydroxyl groups is 1. The molecule has 2 nitrogen and oxygen atoms in total. The first-order valence-electron chi connectivity index (χ1n) is 6.53. The number of fused-ring (bicyclic) bond motifs is 1. The monoisotopic (exact) mass is 262 g/mol. The van der Waals surface area contributed by atoms with Crippen molar-refractivity contribution in [2.75, 3.05) is 0 Å². The highest BCUT2D eigenvalue weighted by molar-refractivity contribution is 6.01. The smallest absolute Gasteiger partial charge is 0.167 e. The Morgan fingerprint density at radius 1 is 0.900 bits per heavy atom. The van der Waals surface area contributed by atoms with Gasteiger partial charge in [0.2, 0.25) is 0 Å². The summed E-state index contributed by atoms with van der Waals surface area (Å²) in [6, 6.07) is 20.4. The van der Waals surface area contributed by atoms with Crippen LogP contribution >= 0.6 is 0 Å². The lowest BCUT2D eigenvalue weighted by Crippen LogP contribution is -2.03. The van der Waals surface area contributed by atoms with Gasteiger partial charge in [-0.2, -0.15) is 0 Å². The zero-order chi connectivity index (χ0) is 13.9. The number of Topliss-reactive ketones (excluding diaryl/α,β-unsaturated/α-hetero) is 1. The minimum atomic E-state index is 0.0847. The van der Waals surface area contributed by atoms with Crippen LogP contribution in [0.2, 0.25) is 0 Å². The van der Waals surface area contributed by atoms with Gasteiger partial charge in [-0.3, -0.25) is 4.79 Å². The Hall–Kier alpha value is -2.61. The molecular weight excluding hydrogens is 248 g/mol. The van der Waals surface area contributed by atoms with Crippen LogP contribution in [0.1, 0.15) is 15.9 Å². The van der Waals surface area contributed by atoms with Crippen molar-refractivity contribution in [3.05, 3.63) is 77.9 Å². The van der Waals surface area contributed by atoms with Crippen LogP contribution in [0, 0.1) is 0 Å². The summed E-state index contributed by atoms with van der Waals surface area (Å²) in [7, 11) is 0. The lowest BCUT2D eigenvalue weighted by Gasteiger charge is -2.05. The van der Waals surface area contributed by atoms with Crippen molar-refractivity contribution in [1.82, 2.24) is 0 Å². The summed E-state index contributed by atoms with van der Waals surface area (Å²) in [6.07, 6.45) is 0.394. The van der Waals surface area contributed by atoms with Crippen LogP contribution in [0.5, 0.6) is 5.75 Å². The molecule has 0 aliphatic rings. The average molecular weight is 262 g/mol. The predicted octanol–water partition coefficient (Wildman–Crippen LogP) is 3.97. The molecule has 0 aromatic heterocycles. The summed E-state index contributed by atoms with van der Waals surface area (Å²) < 4.78 is 0. The fraction of sp³-hybridized carbons (Fsp3) is 0.0556. The molecule has 0 heterocycles. The minimum Gasteiger partial charge on any atom is -0.507 e. The quantitative estimate of drug-likeness (QED) is 0.725. The summed E-state index contributed by atoms with van der Waals surface area (Å²) in [5.74, 6) is 0.325. The van der Waals surface area contributed by atoms with Gasteiger partial charge in [0.15, 0.2) is 5.78 Å². The summed E-state index contributed by atoms with van der Waals surface area (Å²) >= 11 is 0. The van der Waals surface area contributed by atoms with Gasteiger partial charge in [-0.15, -0.1) is 0 Å². The van der Waals surface area contributed by atoms with Crippen LogP contribution in [0.4, 0.5) is 0 Å². The van der Waals surface area contributed by atoms with Crippen molar-refractivity contribution in [1.29, 1.82) is 0 Å². The third-order valence-electron chi connectivity index (χ3n) is 3.39. The van der Waals surface area contributed by atoms with Gasteiger partial charge >= 0.3 is 0 Å². The van der Waals surface area contributed by atoms with E-state index in [9.17, 15) is 9.90 Å². The van der Waals surface area contributed by atoms with Crippen LogP contribution < -0.4 is 0 Å². The van der Waals surface area contributed by atoms with Crippen LogP contribution in [0.15, 0.2) is 66.7 Å². The molecule has 0 bridgehead atoms. The fourth-order valence-electron chi connectivity index (χ4n) is 2.32. The van der Waals surface area contributed by atoms with Crippen molar-refractivity contribution in [2.24, 2.45) is 0 Å². The molecule has 0 spiro atoms. The molecule has 0 atom stereocenters. The van der Waals surface area contributed by atoms with E-state index in [4.69, 9.17) is 0 Å². The Labute approximate surface area is 117 Å². The number of hydrogen-bond donors (Lipinski definition) is 1. The molecule has 0 aliphatic heterocycles. The standard InChI is InChI=1S/C18H14O2/c19-17-8-4-7-14-12-15(9-10-16(14)17)18(20)11-13-5-2-1-3-6-13/h1-10,12,19H,11H2. The molecule has 0 fully saturated rings. The third-order valence-corrected chi connectivity index (χ3v) is 3.39. The maximum absolute atomic E-state index is 12.3. The van der Waals surface area contributed by atoms with Gasteiger partial charge in [0.05, 0.1) is 0 Å². The number of rotatable bonds is 3. The molecule has 0 unspecified atom stereocenters. The van der Waals surface area contributed by atoms with E-state index in [0.717, 1.165) is 16.3 Å². The van der Waals surface area contributed by atoms with E-state index < -0.39 is 0 Å². The second kappa shape index (κ2) is 5.17. The molecular formula is C18H14O2. The molecule has 0 saturated heterocycles.